The first-order valence-corrected chi connectivity index (χ1v) is 8.45. The number of ether oxygens (including phenoxy) is 2. The van der Waals surface area contributed by atoms with Gasteiger partial charge in [-0.1, -0.05) is 48.9 Å². The average molecular weight is 357 g/mol. The molecule has 0 aliphatic carbocycles. The van der Waals surface area contributed by atoms with Crippen LogP contribution in [0.5, 0.6) is 17.2 Å². The molecular formula is C21H18ClFO2. The largest absolute Gasteiger partial charge is 0.487 e. The number of hydrogen-bond acceptors (Lipinski definition) is 2. The van der Waals surface area contributed by atoms with Gasteiger partial charge in [0.1, 0.15) is 29.7 Å². The third kappa shape index (κ3) is 4.74. The summed E-state index contributed by atoms with van der Waals surface area (Å²) < 4.78 is 24.7. The summed E-state index contributed by atoms with van der Waals surface area (Å²) in [5.41, 5.74) is 2.34. The van der Waals surface area contributed by atoms with Gasteiger partial charge in [0.2, 0.25) is 0 Å². The van der Waals surface area contributed by atoms with E-state index in [1.165, 1.54) is 17.7 Å². The van der Waals surface area contributed by atoms with Gasteiger partial charge in [0.15, 0.2) is 0 Å². The Balaban J connectivity index is 1.70. The van der Waals surface area contributed by atoms with E-state index >= 15 is 0 Å². The molecular weight excluding hydrogens is 339 g/mol. The van der Waals surface area contributed by atoms with Crippen molar-refractivity contribution in [3.63, 3.8) is 0 Å². The van der Waals surface area contributed by atoms with E-state index in [0.717, 1.165) is 12.0 Å². The highest BCUT2D eigenvalue weighted by Gasteiger charge is 2.06. The van der Waals surface area contributed by atoms with Crippen LogP contribution in [0, 0.1) is 5.82 Å². The molecule has 2 nitrogen and oxygen atoms in total. The van der Waals surface area contributed by atoms with Crippen LogP contribution in [0.4, 0.5) is 4.39 Å². The fourth-order valence-corrected chi connectivity index (χ4v) is 2.53. The molecule has 128 valence electrons. The summed E-state index contributed by atoms with van der Waals surface area (Å²) in [5.74, 6) is 1.13. The van der Waals surface area contributed by atoms with Crippen molar-refractivity contribution in [1.82, 2.24) is 0 Å². The molecule has 25 heavy (non-hydrogen) atoms. The maximum Gasteiger partial charge on any atom is 0.142 e. The van der Waals surface area contributed by atoms with Gasteiger partial charge in [-0.05, 0) is 41.8 Å². The third-order valence-electron chi connectivity index (χ3n) is 3.76. The second-order valence-electron chi connectivity index (χ2n) is 5.61. The summed E-state index contributed by atoms with van der Waals surface area (Å²) in [7, 11) is 0. The molecule has 4 heteroatoms. The number of rotatable bonds is 6. The monoisotopic (exact) mass is 356 g/mol. The lowest BCUT2D eigenvalue weighted by Crippen LogP contribution is -1.97. The normalized spacial score (nSPS) is 10.5. The van der Waals surface area contributed by atoms with Gasteiger partial charge in [-0.2, -0.15) is 0 Å². The van der Waals surface area contributed by atoms with Crippen LogP contribution in [0.2, 0.25) is 5.02 Å². The standard InChI is InChI=1S/C21H18ClFO2/c1-2-15-6-8-16(9-7-15)14-24-21-13-19(10-11-20(21)22)25-18-5-3-4-17(23)12-18/h3-13H,2,14H2,1H3. The molecule has 3 aromatic rings. The van der Waals surface area contributed by atoms with Crippen LogP contribution < -0.4 is 9.47 Å². The molecule has 0 saturated heterocycles. The lowest BCUT2D eigenvalue weighted by atomic mass is 10.1. The summed E-state index contributed by atoms with van der Waals surface area (Å²) in [6.07, 6.45) is 1.01. The van der Waals surface area contributed by atoms with E-state index in [0.29, 0.717) is 28.9 Å². The summed E-state index contributed by atoms with van der Waals surface area (Å²) in [5, 5.41) is 0.497. The fraction of sp³-hybridized carbons (Fsp3) is 0.143. The molecule has 0 heterocycles. The van der Waals surface area contributed by atoms with Crippen LogP contribution in [0.25, 0.3) is 0 Å². The van der Waals surface area contributed by atoms with Crippen LogP contribution >= 0.6 is 11.6 Å². The highest BCUT2D eigenvalue weighted by Crippen LogP contribution is 2.32. The number of hydrogen-bond donors (Lipinski definition) is 0. The van der Waals surface area contributed by atoms with Gasteiger partial charge in [0, 0.05) is 12.1 Å². The van der Waals surface area contributed by atoms with Crippen molar-refractivity contribution in [2.75, 3.05) is 0 Å². The van der Waals surface area contributed by atoms with Gasteiger partial charge in [-0.15, -0.1) is 0 Å². The first-order chi connectivity index (χ1) is 12.1. The van der Waals surface area contributed by atoms with Gasteiger partial charge in [-0.25, -0.2) is 4.39 Å². The zero-order chi connectivity index (χ0) is 17.6. The maximum atomic E-state index is 13.2. The number of halogens is 2. The Morgan fingerprint density at radius 3 is 2.32 bits per heavy atom. The van der Waals surface area contributed by atoms with Gasteiger partial charge in [0.25, 0.3) is 0 Å². The highest BCUT2D eigenvalue weighted by atomic mass is 35.5. The Hall–Kier alpha value is -2.52. The molecule has 0 aliphatic rings. The topological polar surface area (TPSA) is 18.5 Å². The Morgan fingerprint density at radius 2 is 1.60 bits per heavy atom. The zero-order valence-electron chi connectivity index (χ0n) is 13.8. The van der Waals surface area contributed by atoms with Gasteiger partial charge in [-0.3, -0.25) is 0 Å². The van der Waals surface area contributed by atoms with E-state index in [2.05, 4.69) is 19.1 Å². The number of aryl methyl sites for hydroxylation is 1. The minimum atomic E-state index is -0.349. The predicted octanol–water partition coefficient (Wildman–Crippen LogP) is 6.41. The number of benzene rings is 3. The van der Waals surface area contributed by atoms with E-state index in [-0.39, 0.29) is 5.82 Å². The summed E-state index contributed by atoms with van der Waals surface area (Å²) in [6, 6.07) is 19.4. The van der Waals surface area contributed by atoms with E-state index < -0.39 is 0 Å². The molecule has 0 fully saturated rings. The molecule has 0 bridgehead atoms. The third-order valence-corrected chi connectivity index (χ3v) is 4.07. The Labute approximate surface area is 151 Å². The Kier molecular flexibility index (Phi) is 5.56. The molecule has 0 aromatic heterocycles. The van der Waals surface area contributed by atoms with E-state index in [1.807, 2.05) is 12.1 Å². The van der Waals surface area contributed by atoms with Crippen LogP contribution in [0.3, 0.4) is 0 Å². The van der Waals surface area contributed by atoms with Crippen molar-refractivity contribution >= 4 is 11.6 Å². The highest BCUT2D eigenvalue weighted by molar-refractivity contribution is 6.32. The lowest BCUT2D eigenvalue weighted by molar-refractivity contribution is 0.305. The first kappa shape index (κ1) is 17.3. The van der Waals surface area contributed by atoms with E-state index in [4.69, 9.17) is 21.1 Å². The lowest BCUT2D eigenvalue weighted by Gasteiger charge is -2.11. The van der Waals surface area contributed by atoms with Crippen molar-refractivity contribution in [1.29, 1.82) is 0 Å². The molecule has 0 spiro atoms. The molecule has 0 saturated carbocycles. The molecule has 3 rings (SSSR count). The van der Waals surface area contributed by atoms with Gasteiger partial charge in [0.05, 0.1) is 5.02 Å². The molecule has 3 aromatic carbocycles. The maximum absolute atomic E-state index is 13.2. The van der Waals surface area contributed by atoms with Crippen LogP contribution in [0.15, 0.2) is 66.7 Å². The van der Waals surface area contributed by atoms with Gasteiger partial charge < -0.3 is 9.47 Å². The summed E-state index contributed by atoms with van der Waals surface area (Å²) in [4.78, 5) is 0. The Bertz CT molecular complexity index is 847. The Morgan fingerprint density at radius 1 is 0.880 bits per heavy atom. The smallest absolute Gasteiger partial charge is 0.142 e. The average Bonchev–Trinajstić information content (AvgIpc) is 2.62. The van der Waals surface area contributed by atoms with Crippen molar-refractivity contribution in [3.05, 3.63) is 88.7 Å². The van der Waals surface area contributed by atoms with Crippen molar-refractivity contribution < 1.29 is 13.9 Å². The van der Waals surface area contributed by atoms with Crippen molar-refractivity contribution in [2.24, 2.45) is 0 Å². The fourth-order valence-electron chi connectivity index (χ4n) is 2.36. The predicted molar refractivity (Wildman–Crippen MR) is 98.1 cm³/mol. The van der Waals surface area contributed by atoms with E-state index in [1.54, 1.807) is 30.3 Å². The molecule has 0 radical (unpaired) electrons. The molecule has 0 N–H and O–H groups in total. The van der Waals surface area contributed by atoms with Crippen molar-refractivity contribution in [2.45, 2.75) is 20.0 Å². The van der Waals surface area contributed by atoms with E-state index in [9.17, 15) is 4.39 Å². The molecule has 0 aliphatic heterocycles. The van der Waals surface area contributed by atoms with Crippen LogP contribution in [-0.4, -0.2) is 0 Å². The second kappa shape index (κ2) is 8.04. The van der Waals surface area contributed by atoms with Crippen LogP contribution in [-0.2, 0) is 13.0 Å². The van der Waals surface area contributed by atoms with Gasteiger partial charge >= 0.3 is 0 Å². The molecule has 0 unspecified atom stereocenters. The van der Waals surface area contributed by atoms with Crippen molar-refractivity contribution in [3.8, 4) is 17.2 Å². The summed E-state index contributed by atoms with van der Waals surface area (Å²) >= 11 is 6.20. The quantitative estimate of drug-likeness (QED) is 0.507. The summed E-state index contributed by atoms with van der Waals surface area (Å²) in [6.45, 7) is 2.53. The first-order valence-electron chi connectivity index (χ1n) is 8.07. The molecule has 0 amide bonds. The second-order valence-corrected chi connectivity index (χ2v) is 6.02. The SMILES string of the molecule is CCc1ccc(COc2cc(Oc3cccc(F)c3)ccc2Cl)cc1. The zero-order valence-corrected chi connectivity index (χ0v) is 14.6. The van der Waals surface area contributed by atoms with Crippen LogP contribution in [0.1, 0.15) is 18.1 Å². The minimum absolute atomic E-state index is 0.349. The minimum Gasteiger partial charge on any atom is -0.487 e. The molecule has 0 atom stereocenters.